The standard InChI is InChI=1S/C9H12O2S/c1-3-4-9(10)12-8-5-6-11-7(8)2/h5-6H,3-4H2,1-2H3. The van der Waals surface area contributed by atoms with Crippen molar-refractivity contribution in [1.82, 2.24) is 0 Å². The molecule has 3 heteroatoms. The van der Waals surface area contributed by atoms with Gasteiger partial charge in [-0.3, -0.25) is 4.79 Å². The molecule has 0 saturated carbocycles. The van der Waals surface area contributed by atoms with E-state index < -0.39 is 0 Å². The number of rotatable bonds is 3. The highest BCUT2D eigenvalue weighted by Gasteiger charge is 2.07. The monoisotopic (exact) mass is 184 g/mol. The molecule has 0 saturated heterocycles. The highest BCUT2D eigenvalue weighted by molar-refractivity contribution is 8.13. The Labute approximate surface area is 76.3 Å². The molecule has 0 aliphatic carbocycles. The maximum absolute atomic E-state index is 11.2. The van der Waals surface area contributed by atoms with E-state index in [1.165, 1.54) is 11.8 Å². The first-order valence-corrected chi connectivity index (χ1v) is 4.80. The molecule has 1 heterocycles. The van der Waals surface area contributed by atoms with Crippen LogP contribution in [0, 0.1) is 6.92 Å². The molecule has 66 valence electrons. The lowest BCUT2D eigenvalue weighted by Crippen LogP contribution is -1.88. The molecule has 0 fully saturated rings. The summed E-state index contributed by atoms with van der Waals surface area (Å²) in [7, 11) is 0. The van der Waals surface area contributed by atoms with Gasteiger partial charge in [-0.15, -0.1) is 0 Å². The van der Waals surface area contributed by atoms with Crippen molar-refractivity contribution in [2.45, 2.75) is 31.6 Å². The van der Waals surface area contributed by atoms with Crippen molar-refractivity contribution < 1.29 is 9.21 Å². The second-order valence-electron chi connectivity index (χ2n) is 2.57. The highest BCUT2D eigenvalue weighted by Crippen LogP contribution is 2.24. The third kappa shape index (κ3) is 2.41. The van der Waals surface area contributed by atoms with E-state index in [-0.39, 0.29) is 5.12 Å². The van der Waals surface area contributed by atoms with Crippen LogP contribution in [0.25, 0.3) is 0 Å². The molecule has 0 spiro atoms. The first-order chi connectivity index (χ1) is 5.74. The molecule has 1 aromatic rings. The fourth-order valence-corrected chi connectivity index (χ4v) is 1.72. The maximum Gasteiger partial charge on any atom is 0.193 e. The fourth-order valence-electron chi connectivity index (χ4n) is 0.857. The molecular weight excluding hydrogens is 172 g/mol. The Morgan fingerprint density at radius 1 is 1.67 bits per heavy atom. The van der Waals surface area contributed by atoms with E-state index in [0.29, 0.717) is 6.42 Å². The van der Waals surface area contributed by atoms with Crippen LogP contribution in [0.5, 0.6) is 0 Å². The van der Waals surface area contributed by atoms with Crippen molar-refractivity contribution in [2.75, 3.05) is 0 Å². The molecule has 12 heavy (non-hydrogen) atoms. The first-order valence-electron chi connectivity index (χ1n) is 3.98. The van der Waals surface area contributed by atoms with Gasteiger partial charge in [-0.25, -0.2) is 0 Å². The van der Waals surface area contributed by atoms with Crippen molar-refractivity contribution in [3.05, 3.63) is 18.1 Å². The minimum absolute atomic E-state index is 0.210. The summed E-state index contributed by atoms with van der Waals surface area (Å²) in [6.07, 6.45) is 3.15. The number of thioether (sulfide) groups is 1. The van der Waals surface area contributed by atoms with E-state index in [0.717, 1.165) is 17.1 Å². The van der Waals surface area contributed by atoms with Gasteiger partial charge in [0.2, 0.25) is 0 Å². The summed E-state index contributed by atoms with van der Waals surface area (Å²) in [6.45, 7) is 3.86. The number of hydrogen-bond acceptors (Lipinski definition) is 3. The van der Waals surface area contributed by atoms with Crippen LogP contribution < -0.4 is 0 Å². The molecule has 0 unspecified atom stereocenters. The summed E-state index contributed by atoms with van der Waals surface area (Å²) in [5.74, 6) is 0.824. The molecule has 0 aromatic carbocycles. The molecule has 0 atom stereocenters. The maximum atomic E-state index is 11.2. The Bertz CT molecular complexity index is 265. The summed E-state index contributed by atoms with van der Waals surface area (Å²) in [6, 6.07) is 1.83. The highest BCUT2D eigenvalue weighted by atomic mass is 32.2. The molecule has 0 N–H and O–H groups in total. The molecule has 0 bridgehead atoms. The number of hydrogen-bond donors (Lipinski definition) is 0. The van der Waals surface area contributed by atoms with E-state index in [1.54, 1.807) is 6.26 Å². The zero-order valence-corrected chi connectivity index (χ0v) is 8.11. The summed E-state index contributed by atoms with van der Waals surface area (Å²) in [4.78, 5) is 12.1. The summed E-state index contributed by atoms with van der Waals surface area (Å²) < 4.78 is 5.07. The predicted molar refractivity (Wildman–Crippen MR) is 49.2 cm³/mol. The third-order valence-corrected chi connectivity index (χ3v) is 2.56. The van der Waals surface area contributed by atoms with E-state index in [4.69, 9.17) is 4.42 Å². The van der Waals surface area contributed by atoms with Crippen LogP contribution in [0.4, 0.5) is 0 Å². The van der Waals surface area contributed by atoms with Crippen molar-refractivity contribution >= 4 is 16.9 Å². The molecule has 0 aliphatic heterocycles. The Kier molecular flexibility index (Phi) is 3.41. The minimum atomic E-state index is 0.210. The third-order valence-electron chi connectivity index (χ3n) is 1.49. The molecule has 1 aromatic heterocycles. The number of carbonyl (C=O) groups excluding carboxylic acids is 1. The van der Waals surface area contributed by atoms with Gasteiger partial charge >= 0.3 is 0 Å². The largest absolute Gasteiger partial charge is 0.468 e. The van der Waals surface area contributed by atoms with Crippen molar-refractivity contribution in [1.29, 1.82) is 0 Å². The number of aryl methyl sites for hydroxylation is 1. The van der Waals surface area contributed by atoms with Gasteiger partial charge in [-0.05, 0) is 31.2 Å². The SMILES string of the molecule is CCCC(=O)Sc1ccoc1C. The molecule has 0 aliphatic rings. The van der Waals surface area contributed by atoms with Gasteiger partial charge < -0.3 is 4.42 Å². The average molecular weight is 184 g/mol. The van der Waals surface area contributed by atoms with Gasteiger partial charge in [0.25, 0.3) is 0 Å². The van der Waals surface area contributed by atoms with Gasteiger partial charge in [0.1, 0.15) is 5.76 Å². The topological polar surface area (TPSA) is 30.2 Å². The smallest absolute Gasteiger partial charge is 0.193 e. The Morgan fingerprint density at radius 2 is 2.42 bits per heavy atom. The van der Waals surface area contributed by atoms with Crippen molar-refractivity contribution in [2.24, 2.45) is 0 Å². The summed E-state index contributed by atoms with van der Waals surface area (Å²) in [5.41, 5.74) is 0. The van der Waals surface area contributed by atoms with E-state index in [1.807, 2.05) is 19.9 Å². The van der Waals surface area contributed by atoms with Crippen LogP contribution in [-0.2, 0) is 4.79 Å². The second kappa shape index (κ2) is 4.36. The molecular formula is C9H12O2S. The van der Waals surface area contributed by atoms with Gasteiger partial charge in [-0.2, -0.15) is 0 Å². The first kappa shape index (κ1) is 9.39. The van der Waals surface area contributed by atoms with Crippen LogP contribution in [0.3, 0.4) is 0 Å². The molecule has 1 rings (SSSR count). The minimum Gasteiger partial charge on any atom is -0.468 e. The van der Waals surface area contributed by atoms with E-state index in [9.17, 15) is 4.79 Å². The van der Waals surface area contributed by atoms with Crippen LogP contribution in [0.2, 0.25) is 0 Å². The number of furan rings is 1. The normalized spacial score (nSPS) is 10.2. The van der Waals surface area contributed by atoms with Gasteiger partial charge in [0.05, 0.1) is 11.2 Å². The fraction of sp³-hybridized carbons (Fsp3) is 0.444. The quantitative estimate of drug-likeness (QED) is 0.676. The van der Waals surface area contributed by atoms with Crippen LogP contribution in [0.1, 0.15) is 25.5 Å². The van der Waals surface area contributed by atoms with E-state index >= 15 is 0 Å². The Balaban J connectivity index is 2.52. The van der Waals surface area contributed by atoms with Crippen LogP contribution >= 0.6 is 11.8 Å². The molecule has 0 radical (unpaired) electrons. The predicted octanol–water partition coefficient (Wildman–Crippen LogP) is 3.01. The van der Waals surface area contributed by atoms with Gasteiger partial charge in [-0.1, -0.05) is 6.92 Å². The van der Waals surface area contributed by atoms with Crippen molar-refractivity contribution in [3.63, 3.8) is 0 Å². The van der Waals surface area contributed by atoms with Gasteiger partial charge in [0.15, 0.2) is 5.12 Å². The Hall–Kier alpha value is -0.700. The summed E-state index contributed by atoms with van der Waals surface area (Å²) in [5, 5.41) is 0.210. The lowest BCUT2D eigenvalue weighted by Gasteiger charge is -1.95. The molecule has 2 nitrogen and oxygen atoms in total. The number of carbonyl (C=O) groups is 1. The Morgan fingerprint density at radius 3 is 2.92 bits per heavy atom. The van der Waals surface area contributed by atoms with Crippen molar-refractivity contribution in [3.8, 4) is 0 Å². The summed E-state index contributed by atoms with van der Waals surface area (Å²) >= 11 is 1.27. The van der Waals surface area contributed by atoms with E-state index in [2.05, 4.69) is 0 Å². The lowest BCUT2D eigenvalue weighted by molar-refractivity contribution is -0.111. The van der Waals surface area contributed by atoms with Gasteiger partial charge in [0, 0.05) is 6.42 Å². The zero-order chi connectivity index (χ0) is 8.97. The molecule has 0 amide bonds. The average Bonchev–Trinajstić information content (AvgIpc) is 2.37. The van der Waals surface area contributed by atoms with Crippen LogP contribution in [-0.4, -0.2) is 5.12 Å². The zero-order valence-electron chi connectivity index (χ0n) is 7.29. The lowest BCUT2D eigenvalue weighted by atomic mass is 10.4. The van der Waals surface area contributed by atoms with Crippen LogP contribution in [0.15, 0.2) is 21.6 Å². The second-order valence-corrected chi connectivity index (χ2v) is 3.66.